The molecule has 1 N–H and O–H groups in total. The van der Waals surface area contributed by atoms with Gasteiger partial charge in [0.05, 0.1) is 6.54 Å². The van der Waals surface area contributed by atoms with Crippen LogP contribution in [-0.2, 0) is 9.59 Å². The monoisotopic (exact) mass is 307 g/mol. The molecule has 0 aromatic heterocycles. The van der Waals surface area contributed by atoms with E-state index < -0.39 is 0 Å². The van der Waals surface area contributed by atoms with Crippen molar-refractivity contribution >= 4 is 11.8 Å². The fourth-order valence-corrected chi connectivity index (χ4v) is 3.44. The molecule has 5 nitrogen and oxygen atoms in total. The van der Waals surface area contributed by atoms with Crippen LogP contribution >= 0.6 is 0 Å². The topological polar surface area (TPSA) is 52.7 Å². The van der Waals surface area contributed by atoms with Gasteiger partial charge in [-0.2, -0.15) is 0 Å². The van der Waals surface area contributed by atoms with Crippen LogP contribution in [0.5, 0.6) is 0 Å². The molecule has 2 aliphatic rings. The third-order valence-electron chi connectivity index (χ3n) is 4.79. The molecular formula is C17H29N3O2. The lowest BCUT2D eigenvalue weighted by Gasteiger charge is -2.33. The Hall–Kier alpha value is -1.36. The molecule has 1 heterocycles. The maximum Gasteiger partial charge on any atom is 0.240 e. The molecule has 1 saturated heterocycles. The summed E-state index contributed by atoms with van der Waals surface area (Å²) in [5.74, 6) is 0.447. The van der Waals surface area contributed by atoms with Crippen LogP contribution in [0.25, 0.3) is 0 Å². The molecule has 5 heteroatoms. The number of carbonyl (C=O) groups excluding carboxylic acids is 2. The minimum Gasteiger partial charge on any atom is -0.359 e. The number of carbonyl (C=O) groups is 2. The second-order valence-corrected chi connectivity index (χ2v) is 6.24. The minimum absolute atomic E-state index is 0.111. The molecule has 0 radical (unpaired) electrons. The highest BCUT2D eigenvalue weighted by molar-refractivity contribution is 5.80. The van der Waals surface area contributed by atoms with Crippen LogP contribution in [0.15, 0.2) is 11.8 Å². The number of rotatable bonds is 5. The molecule has 1 fully saturated rings. The lowest BCUT2D eigenvalue weighted by Crippen LogP contribution is -2.45. The molecular weight excluding hydrogens is 278 g/mol. The first-order valence-electron chi connectivity index (χ1n) is 8.59. The summed E-state index contributed by atoms with van der Waals surface area (Å²) in [5, 5.41) is 2.72. The van der Waals surface area contributed by atoms with Crippen LogP contribution in [0.1, 0.15) is 45.4 Å². The molecule has 2 rings (SSSR count). The summed E-state index contributed by atoms with van der Waals surface area (Å²) < 4.78 is 0. The van der Waals surface area contributed by atoms with Crippen molar-refractivity contribution in [3.05, 3.63) is 11.8 Å². The second kappa shape index (κ2) is 8.32. The lowest BCUT2D eigenvalue weighted by atomic mass is 9.96. The quantitative estimate of drug-likeness (QED) is 0.842. The summed E-state index contributed by atoms with van der Waals surface area (Å²) in [4.78, 5) is 28.4. The largest absolute Gasteiger partial charge is 0.359 e. The van der Waals surface area contributed by atoms with Crippen molar-refractivity contribution in [1.82, 2.24) is 15.1 Å². The molecule has 0 aromatic carbocycles. The van der Waals surface area contributed by atoms with Crippen LogP contribution in [0.2, 0.25) is 0 Å². The zero-order valence-electron chi connectivity index (χ0n) is 13.9. The van der Waals surface area contributed by atoms with Gasteiger partial charge in [0.1, 0.15) is 0 Å². The lowest BCUT2D eigenvalue weighted by molar-refractivity contribution is -0.131. The number of hydrogen-bond donors (Lipinski definition) is 1. The molecule has 1 aliphatic carbocycles. The predicted molar refractivity (Wildman–Crippen MR) is 87.2 cm³/mol. The highest BCUT2D eigenvalue weighted by Crippen LogP contribution is 2.22. The van der Waals surface area contributed by atoms with Gasteiger partial charge in [-0.1, -0.05) is 6.08 Å². The standard InChI is InChI=1S/C17H29N3O2/c1-3-20(15-7-5-4-6-8-15)16(21)13-19-11-9-14(10-12-19)17(22)18-2/h7,14H,3-6,8-13H2,1-2H3,(H,18,22). The summed E-state index contributed by atoms with van der Waals surface area (Å²) >= 11 is 0. The van der Waals surface area contributed by atoms with Crippen LogP contribution < -0.4 is 5.32 Å². The Morgan fingerprint density at radius 3 is 2.59 bits per heavy atom. The third kappa shape index (κ3) is 4.32. The first-order valence-corrected chi connectivity index (χ1v) is 8.59. The van der Waals surface area contributed by atoms with E-state index in [4.69, 9.17) is 0 Å². The Labute approximate surface area is 133 Å². The Morgan fingerprint density at radius 2 is 2.05 bits per heavy atom. The smallest absolute Gasteiger partial charge is 0.240 e. The van der Waals surface area contributed by atoms with Crippen molar-refractivity contribution in [2.45, 2.75) is 45.4 Å². The van der Waals surface area contributed by atoms with Crippen molar-refractivity contribution in [2.75, 3.05) is 33.2 Å². The van der Waals surface area contributed by atoms with Crippen molar-refractivity contribution in [2.24, 2.45) is 5.92 Å². The van der Waals surface area contributed by atoms with Crippen LogP contribution in [0.4, 0.5) is 0 Å². The zero-order chi connectivity index (χ0) is 15.9. The normalized spacial score (nSPS) is 20.4. The molecule has 1 aliphatic heterocycles. The molecule has 0 atom stereocenters. The Kier molecular flexibility index (Phi) is 6.43. The van der Waals surface area contributed by atoms with E-state index in [0.29, 0.717) is 6.54 Å². The fourth-order valence-electron chi connectivity index (χ4n) is 3.44. The van der Waals surface area contributed by atoms with Crippen LogP contribution in [0.3, 0.4) is 0 Å². The third-order valence-corrected chi connectivity index (χ3v) is 4.79. The molecule has 0 saturated carbocycles. The van der Waals surface area contributed by atoms with Crippen molar-refractivity contribution in [3.8, 4) is 0 Å². The number of amides is 2. The molecule has 2 amide bonds. The molecule has 0 aromatic rings. The maximum absolute atomic E-state index is 12.6. The fraction of sp³-hybridized carbons (Fsp3) is 0.765. The van der Waals surface area contributed by atoms with Crippen molar-refractivity contribution in [1.29, 1.82) is 0 Å². The number of piperidine rings is 1. The first-order chi connectivity index (χ1) is 10.7. The molecule has 0 bridgehead atoms. The van der Waals surface area contributed by atoms with Gasteiger partial charge >= 0.3 is 0 Å². The highest BCUT2D eigenvalue weighted by atomic mass is 16.2. The summed E-state index contributed by atoms with van der Waals surface area (Å²) in [6, 6.07) is 0. The zero-order valence-corrected chi connectivity index (χ0v) is 13.9. The highest BCUT2D eigenvalue weighted by Gasteiger charge is 2.27. The number of nitrogens with zero attached hydrogens (tertiary/aromatic N) is 2. The average Bonchev–Trinajstić information content (AvgIpc) is 2.56. The van der Waals surface area contributed by atoms with E-state index in [1.165, 1.54) is 18.5 Å². The predicted octanol–water partition coefficient (Wildman–Crippen LogP) is 1.75. The molecule has 0 spiro atoms. The summed E-state index contributed by atoms with van der Waals surface area (Å²) in [5.41, 5.74) is 1.21. The van der Waals surface area contributed by atoms with E-state index in [1.807, 2.05) is 11.8 Å². The Bertz CT molecular complexity index is 426. The van der Waals surface area contributed by atoms with Crippen molar-refractivity contribution in [3.63, 3.8) is 0 Å². The summed E-state index contributed by atoms with van der Waals surface area (Å²) in [6.45, 7) is 4.94. The average molecular weight is 307 g/mol. The van der Waals surface area contributed by atoms with E-state index >= 15 is 0 Å². The number of hydrogen-bond acceptors (Lipinski definition) is 3. The van der Waals surface area contributed by atoms with Gasteiger partial charge in [0.25, 0.3) is 0 Å². The van der Waals surface area contributed by atoms with E-state index in [0.717, 1.165) is 45.3 Å². The van der Waals surface area contributed by atoms with Crippen LogP contribution in [0, 0.1) is 5.92 Å². The van der Waals surface area contributed by atoms with Gasteiger partial charge in [0.15, 0.2) is 0 Å². The number of likely N-dealkylation sites (tertiary alicyclic amines) is 1. The molecule has 124 valence electrons. The van der Waals surface area contributed by atoms with Gasteiger partial charge in [-0.05, 0) is 58.5 Å². The van der Waals surface area contributed by atoms with Crippen molar-refractivity contribution < 1.29 is 9.59 Å². The number of nitrogens with one attached hydrogen (secondary N) is 1. The van der Waals surface area contributed by atoms with E-state index in [2.05, 4.69) is 16.3 Å². The SMILES string of the molecule is CCN(C(=O)CN1CCC(C(=O)NC)CC1)C1=CCCCC1. The Morgan fingerprint density at radius 1 is 1.32 bits per heavy atom. The van der Waals surface area contributed by atoms with Gasteiger partial charge in [0.2, 0.25) is 11.8 Å². The van der Waals surface area contributed by atoms with E-state index in [1.54, 1.807) is 7.05 Å². The minimum atomic E-state index is 0.111. The number of allylic oxidation sites excluding steroid dienone is 2. The van der Waals surface area contributed by atoms with Crippen LogP contribution in [-0.4, -0.2) is 54.8 Å². The van der Waals surface area contributed by atoms with Gasteiger partial charge in [-0.25, -0.2) is 0 Å². The number of likely N-dealkylation sites (N-methyl/N-ethyl adjacent to an activating group) is 1. The Balaban J connectivity index is 1.84. The van der Waals surface area contributed by atoms with E-state index in [-0.39, 0.29) is 17.7 Å². The maximum atomic E-state index is 12.6. The molecule has 0 unspecified atom stereocenters. The van der Waals surface area contributed by atoms with Gasteiger partial charge < -0.3 is 10.2 Å². The summed E-state index contributed by atoms with van der Waals surface area (Å²) in [7, 11) is 1.69. The second-order valence-electron chi connectivity index (χ2n) is 6.24. The van der Waals surface area contributed by atoms with Gasteiger partial charge in [-0.15, -0.1) is 0 Å². The van der Waals surface area contributed by atoms with E-state index in [9.17, 15) is 9.59 Å². The molecule has 22 heavy (non-hydrogen) atoms. The summed E-state index contributed by atoms with van der Waals surface area (Å²) in [6.07, 6.45) is 8.47. The van der Waals surface area contributed by atoms with Gasteiger partial charge in [-0.3, -0.25) is 14.5 Å². The van der Waals surface area contributed by atoms with Gasteiger partial charge in [0, 0.05) is 25.2 Å². The first kappa shape index (κ1) is 17.0.